The van der Waals surface area contributed by atoms with Gasteiger partial charge in [-0.05, 0) is 24.2 Å². The Hall–Kier alpha value is -1.06. The second-order valence-corrected chi connectivity index (χ2v) is 6.88. The maximum Gasteiger partial charge on any atom is 0.242 e. The minimum Gasteiger partial charge on any atom is -0.353 e. The van der Waals surface area contributed by atoms with Crippen LogP contribution < -0.4 is 5.32 Å². The van der Waals surface area contributed by atoms with E-state index >= 15 is 0 Å². The molecule has 110 valence electrons. The molecule has 0 radical (unpaired) electrons. The summed E-state index contributed by atoms with van der Waals surface area (Å²) in [6.07, 6.45) is 2.25. The average Bonchev–Trinajstić information content (AvgIpc) is 2.25. The van der Waals surface area contributed by atoms with Crippen LogP contribution in [0.15, 0.2) is 0 Å². The third-order valence-electron chi connectivity index (χ3n) is 3.52. The van der Waals surface area contributed by atoms with Crippen molar-refractivity contribution in [3.8, 4) is 0 Å². The summed E-state index contributed by atoms with van der Waals surface area (Å²) < 4.78 is 0. The van der Waals surface area contributed by atoms with Gasteiger partial charge in [-0.15, -0.1) is 0 Å². The third-order valence-corrected chi connectivity index (χ3v) is 3.52. The largest absolute Gasteiger partial charge is 0.353 e. The van der Waals surface area contributed by atoms with Gasteiger partial charge in [0.15, 0.2) is 0 Å². The quantitative estimate of drug-likeness (QED) is 0.849. The first kappa shape index (κ1) is 16.0. The molecule has 1 saturated heterocycles. The molecule has 0 bridgehead atoms. The molecule has 1 fully saturated rings. The third kappa shape index (κ3) is 4.84. The topological polar surface area (TPSA) is 49.4 Å². The molecule has 0 aromatic heterocycles. The summed E-state index contributed by atoms with van der Waals surface area (Å²) in [5.74, 6) is 0.471. The van der Waals surface area contributed by atoms with Gasteiger partial charge in [-0.3, -0.25) is 9.59 Å². The van der Waals surface area contributed by atoms with E-state index in [1.807, 2.05) is 6.92 Å². The lowest BCUT2D eigenvalue weighted by Crippen LogP contribution is -2.57. The second kappa shape index (κ2) is 6.40. The van der Waals surface area contributed by atoms with Crippen LogP contribution in [-0.4, -0.2) is 35.8 Å². The fourth-order valence-electron chi connectivity index (χ4n) is 2.95. The van der Waals surface area contributed by atoms with Crippen molar-refractivity contribution in [2.45, 2.75) is 59.9 Å². The fourth-order valence-corrected chi connectivity index (χ4v) is 2.95. The van der Waals surface area contributed by atoms with Crippen molar-refractivity contribution in [3.05, 3.63) is 0 Å². The Morgan fingerprint density at radius 2 is 2.11 bits per heavy atom. The number of carbonyl (C=O) groups excluding carboxylic acids is 2. The molecular weight excluding hydrogens is 240 g/mol. The first-order valence-corrected chi connectivity index (χ1v) is 7.31. The highest BCUT2D eigenvalue weighted by Crippen LogP contribution is 2.26. The number of hydrogen-bond donors (Lipinski definition) is 1. The van der Waals surface area contributed by atoms with Gasteiger partial charge in [-0.2, -0.15) is 0 Å². The van der Waals surface area contributed by atoms with E-state index in [4.69, 9.17) is 0 Å². The van der Waals surface area contributed by atoms with Crippen molar-refractivity contribution in [1.82, 2.24) is 10.2 Å². The van der Waals surface area contributed by atoms with Gasteiger partial charge < -0.3 is 10.2 Å². The standard InChI is InChI=1S/C15H28N2O2/c1-6-12-14(19)16-7-8-17(12)13(18)9-11(2)10-15(3,4)5/h11-12H,6-10H2,1-5H3,(H,16,19). The number of amides is 2. The highest BCUT2D eigenvalue weighted by Gasteiger charge is 2.32. The lowest BCUT2D eigenvalue weighted by molar-refractivity contribution is -0.144. The summed E-state index contributed by atoms with van der Waals surface area (Å²) >= 11 is 0. The van der Waals surface area contributed by atoms with Crippen LogP contribution in [0.3, 0.4) is 0 Å². The molecule has 0 aromatic rings. The number of hydrogen-bond acceptors (Lipinski definition) is 2. The molecule has 0 saturated carbocycles. The van der Waals surface area contributed by atoms with E-state index in [0.717, 1.165) is 6.42 Å². The maximum absolute atomic E-state index is 12.4. The molecule has 2 atom stereocenters. The number of rotatable bonds is 4. The van der Waals surface area contributed by atoms with Gasteiger partial charge in [0.25, 0.3) is 0 Å². The van der Waals surface area contributed by atoms with E-state index in [1.165, 1.54) is 0 Å². The summed E-state index contributed by atoms with van der Waals surface area (Å²) in [5.41, 5.74) is 0.239. The fraction of sp³-hybridized carbons (Fsp3) is 0.867. The number of carbonyl (C=O) groups is 2. The molecule has 0 spiro atoms. The van der Waals surface area contributed by atoms with Crippen LogP contribution in [0.2, 0.25) is 0 Å². The molecule has 1 aliphatic rings. The summed E-state index contributed by atoms with van der Waals surface area (Å²) in [6, 6.07) is -0.275. The maximum atomic E-state index is 12.4. The lowest BCUT2D eigenvalue weighted by atomic mass is 9.84. The van der Waals surface area contributed by atoms with Gasteiger partial charge in [0.2, 0.25) is 11.8 Å². The van der Waals surface area contributed by atoms with E-state index in [1.54, 1.807) is 4.90 Å². The van der Waals surface area contributed by atoms with E-state index in [2.05, 4.69) is 33.0 Å². The highest BCUT2D eigenvalue weighted by atomic mass is 16.2. The number of piperazine rings is 1. The van der Waals surface area contributed by atoms with Crippen molar-refractivity contribution in [2.24, 2.45) is 11.3 Å². The smallest absolute Gasteiger partial charge is 0.242 e. The predicted molar refractivity (Wildman–Crippen MR) is 76.7 cm³/mol. The zero-order valence-electron chi connectivity index (χ0n) is 13.0. The Kier molecular flexibility index (Phi) is 5.39. The zero-order valence-corrected chi connectivity index (χ0v) is 13.0. The zero-order chi connectivity index (χ0) is 14.6. The Labute approximate surface area is 116 Å². The first-order valence-electron chi connectivity index (χ1n) is 7.31. The molecule has 1 rings (SSSR count). The molecule has 4 heteroatoms. The van der Waals surface area contributed by atoms with E-state index in [9.17, 15) is 9.59 Å². The van der Waals surface area contributed by atoms with Gasteiger partial charge in [0, 0.05) is 19.5 Å². The van der Waals surface area contributed by atoms with Crippen LogP contribution in [0.25, 0.3) is 0 Å². The lowest BCUT2D eigenvalue weighted by Gasteiger charge is -2.35. The van der Waals surface area contributed by atoms with Crippen LogP contribution in [0.4, 0.5) is 0 Å². The van der Waals surface area contributed by atoms with Crippen molar-refractivity contribution in [2.75, 3.05) is 13.1 Å². The summed E-state index contributed by atoms with van der Waals surface area (Å²) in [6.45, 7) is 11.9. The highest BCUT2D eigenvalue weighted by molar-refractivity contribution is 5.88. The van der Waals surface area contributed by atoms with E-state index in [-0.39, 0.29) is 23.3 Å². The van der Waals surface area contributed by atoms with Crippen LogP contribution in [-0.2, 0) is 9.59 Å². The van der Waals surface area contributed by atoms with E-state index in [0.29, 0.717) is 31.8 Å². The van der Waals surface area contributed by atoms with Gasteiger partial charge in [0.05, 0.1) is 0 Å². The molecule has 0 aromatic carbocycles. The van der Waals surface area contributed by atoms with Gasteiger partial charge >= 0.3 is 0 Å². The Morgan fingerprint density at radius 3 is 2.63 bits per heavy atom. The summed E-state index contributed by atoms with van der Waals surface area (Å²) in [7, 11) is 0. The SMILES string of the molecule is CCC1C(=O)NCCN1C(=O)CC(C)CC(C)(C)C. The molecule has 2 amide bonds. The Balaban J connectivity index is 2.58. The summed E-state index contributed by atoms with van der Waals surface area (Å²) in [4.78, 5) is 25.9. The molecule has 1 aliphatic heterocycles. The Bertz CT molecular complexity index is 334. The average molecular weight is 268 g/mol. The molecule has 19 heavy (non-hydrogen) atoms. The van der Waals surface area contributed by atoms with Crippen molar-refractivity contribution in [1.29, 1.82) is 0 Å². The van der Waals surface area contributed by atoms with Crippen LogP contribution in [0.1, 0.15) is 53.9 Å². The minimum absolute atomic E-state index is 0.00873. The normalized spacial score (nSPS) is 22.1. The van der Waals surface area contributed by atoms with Crippen LogP contribution in [0, 0.1) is 11.3 Å². The molecule has 2 unspecified atom stereocenters. The van der Waals surface area contributed by atoms with Gasteiger partial charge in [0.1, 0.15) is 6.04 Å². The number of nitrogens with zero attached hydrogens (tertiary/aromatic N) is 1. The van der Waals surface area contributed by atoms with Crippen LogP contribution in [0.5, 0.6) is 0 Å². The first-order chi connectivity index (χ1) is 8.74. The summed E-state index contributed by atoms with van der Waals surface area (Å²) in [5, 5.41) is 2.83. The number of nitrogens with one attached hydrogen (secondary N) is 1. The Morgan fingerprint density at radius 1 is 1.47 bits per heavy atom. The van der Waals surface area contributed by atoms with Gasteiger partial charge in [-0.1, -0.05) is 34.6 Å². The van der Waals surface area contributed by atoms with E-state index < -0.39 is 0 Å². The van der Waals surface area contributed by atoms with Crippen molar-refractivity contribution in [3.63, 3.8) is 0 Å². The molecular formula is C15H28N2O2. The van der Waals surface area contributed by atoms with Crippen molar-refractivity contribution < 1.29 is 9.59 Å². The molecule has 0 aliphatic carbocycles. The molecule has 4 nitrogen and oxygen atoms in total. The van der Waals surface area contributed by atoms with Crippen LogP contribution >= 0.6 is 0 Å². The van der Waals surface area contributed by atoms with Crippen molar-refractivity contribution >= 4 is 11.8 Å². The predicted octanol–water partition coefficient (Wildman–Crippen LogP) is 2.19. The van der Waals surface area contributed by atoms with Gasteiger partial charge in [-0.25, -0.2) is 0 Å². The monoisotopic (exact) mass is 268 g/mol. The second-order valence-electron chi connectivity index (χ2n) is 6.88. The minimum atomic E-state index is -0.275. The molecule has 1 heterocycles. The molecule has 1 N–H and O–H groups in total.